The third kappa shape index (κ3) is 10.7. The standard InChI is InChI=1S/C43H59N3O8/c1-28(8-7-11-40(51)46(23-18-39(50)45(3)4)26-36(48)41(52)42(53)37(49)27-47)30-13-12-29(2)31(24-30)16-19-43(20-21-43)35-25-44-22-17-33(35)34-9-5-6-10-38(34)54-32-14-15-32/h5-6,9-10,12-13,17,22,24-25,28,32,36-37,41-42,47-49,52-53H,7-8,11,14-16,18-21,23,26-27H2,1-4H3/t28?,36-,37+,41+,42+/m0/s1. The second-order valence-corrected chi connectivity index (χ2v) is 15.7. The van der Waals surface area contributed by atoms with Crippen molar-refractivity contribution in [2.24, 2.45) is 0 Å². The van der Waals surface area contributed by atoms with Crippen molar-refractivity contribution in [1.82, 2.24) is 14.8 Å². The van der Waals surface area contributed by atoms with E-state index in [1.165, 1.54) is 37.6 Å². The summed E-state index contributed by atoms with van der Waals surface area (Å²) in [6.45, 7) is 3.21. The molecule has 1 aromatic heterocycles. The van der Waals surface area contributed by atoms with Gasteiger partial charge in [-0.2, -0.15) is 0 Å². The minimum absolute atomic E-state index is 0.0252. The molecule has 0 radical (unpaired) electrons. The molecule has 0 spiro atoms. The van der Waals surface area contributed by atoms with Gasteiger partial charge in [0.15, 0.2) is 0 Å². The van der Waals surface area contributed by atoms with E-state index in [0.717, 1.165) is 56.3 Å². The Balaban J connectivity index is 1.20. The molecule has 11 nitrogen and oxygen atoms in total. The predicted molar refractivity (Wildman–Crippen MR) is 207 cm³/mol. The number of hydrogen-bond donors (Lipinski definition) is 5. The Labute approximate surface area is 319 Å². The van der Waals surface area contributed by atoms with Gasteiger partial charge in [-0.25, -0.2) is 0 Å². The highest BCUT2D eigenvalue weighted by molar-refractivity contribution is 5.79. The quantitative estimate of drug-likeness (QED) is 0.107. The maximum Gasteiger partial charge on any atom is 0.223 e. The first-order chi connectivity index (χ1) is 25.8. The van der Waals surface area contributed by atoms with Gasteiger partial charge in [-0.3, -0.25) is 14.6 Å². The van der Waals surface area contributed by atoms with Crippen LogP contribution in [-0.2, 0) is 21.4 Å². The van der Waals surface area contributed by atoms with Crippen LogP contribution in [0, 0.1) is 6.92 Å². The summed E-state index contributed by atoms with van der Waals surface area (Å²) in [5.74, 6) is 0.653. The van der Waals surface area contributed by atoms with Gasteiger partial charge in [0.1, 0.15) is 30.2 Å². The van der Waals surface area contributed by atoms with Gasteiger partial charge in [0.05, 0.1) is 12.7 Å². The molecule has 54 heavy (non-hydrogen) atoms. The number of para-hydroxylation sites is 1. The predicted octanol–water partition coefficient (Wildman–Crippen LogP) is 4.28. The number of rotatable bonds is 21. The number of amides is 2. The first-order valence-corrected chi connectivity index (χ1v) is 19.4. The van der Waals surface area contributed by atoms with E-state index >= 15 is 0 Å². The van der Waals surface area contributed by atoms with E-state index in [1.54, 1.807) is 14.1 Å². The topological polar surface area (TPSA) is 164 Å². The Kier molecular flexibility index (Phi) is 14.3. The smallest absolute Gasteiger partial charge is 0.223 e. The van der Waals surface area contributed by atoms with Crippen LogP contribution < -0.4 is 4.74 Å². The number of hydrogen-bond acceptors (Lipinski definition) is 9. The second-order valence-electron chi connectivity index (χ2n) is 15.7. The highest BCUT2D eigenvalue weighted by Crippen LogP contribution is 2.55. The maximum absolute atomic E-state index is 13.4. The molecule has 5 N–H and O–H groups in total. The van der Waals surface area contributed by atoms with Gasteiger partial charge >= 0.3 is 0 Å². The fourth-order valence-corrected chi connectivity index (χ4v) is 7.21. The van der Waals surface area contributed by atoms with Gasteiger partial charge in [-0.1, -0.05) is 43.3 Å². The minimum atomic E-state index is -1.80. The van der Waals surface area contributed by atoms with Gasteiger partial charge in [0, 0.05) is 58.0 Å². The first-order valence-electron chi connectivity index (χ1n) is 19.4. The van der Waals surface area contributed by atoms with E-state index in [9.17, 15) is 30.0 Å². The number of ether oxygens (including phenoxy) is 1. The molecule has 5 rings (SSSR count). The molecule has 2 aliphatic rings. The molecule has 294 valence electrons. The highest BCUT2D eigenvalue weighted by atomic mass is 16.5. The fraction of sp³-hybridized carbons (Fsp3) is 0.558. The molecule has 2 amide bonds. The number of aryl methyl sites for hydroxylation is 2. The van der Waals surface area contributed by atoms with Crippen molar-refractivity contribution in [1.29, 1.82) is 0 Å². The number of carbonyl (C=O) groups is 2. The van der Waals surface area contributed by atoms with Crippen LogP contribution in [0.1, 0.15) is 92.9 Å². The molecule has 5 atom stereocenters. The molecular formula is C43H59N3O8. The Morgan fingerprint density at radius 3 is 2.35 bits per heavy atom. The molecule has 2 saturated carbocycles. The van der Waals surface area contributed by atoms with Crippen molar-refractivity contribution in [2.75, 3.05) is 33.8 Å². The van der Waals surface area contributed by atoms with Gasteiger partial charge in [0.2, 0.25) is 11.8 Å². The van der Waals surface area contributed by atoms with E-state index in [2.05, 4.69) is 67.5 Å². The summed E-state index contributed by atoms with van der Waals surface area (Å²) < 4.78 is 6.30. The molecule has 0 bridgehead atoms. The number of aliphatic hydroxyl groups excluding tert-OH is 5. The number of carbonyl (C=O) groups excluding carboxylic acids is 2. The highest BCUT2D eigenvalue weighted by Gasteiger charge is 2.45. The van der Waals surface area contributed by atoms with Crippen molar-refractivity contribution in [3.63, 3.8) is 0 Å². The van der Waals surface area contributed by atoms with Gasteiger partial charge in [-0.05, 0) is 110 Å². The summed E-state index contributed by atoms with van der Waals surface area (Å²) in [5.41, 5.74) is 7.50. The van der Waals surface area contributed by atoms with E-state index < -0.39 is 31.0 Å². The molecule has 0 saturated heterocycles. The van der Waals surface area contributed by atoms with Crippen molar-refractivity contribution in [2.45, 2.75) is 120 Å². The Morgan fingerprint density at radius 2 is 1.67 bits per heavy atom. The van der Waals surface area contributed by atoms with Gasteiger partial charge in [-0.15, -0.1) is 0 Å². The van der Waals surface area contributed by atoms with Crippen molar-refractivity contribution in [3.05, 3.63) is 83.2 Å². The Hall–Kier alpha value is -3.87. The summed E-state index contributed by atoms with van der Waals surface area (Å²) >= 11 is 0. The third-order valence-corrected chi connectivity index (χ3v) is 11.3. The average molecular weight is 746 g/mol. The fourth-order valence-electron chi connectivity index (χ4n) is 7.21. The lowest BCUT2D eigenvalue weighted by Gasteiger charge is -2.30. The van der Waals surface area contributed by atoms with Crippen LogP contribution in [0.3, 0.4) is 0 Å². The molecule has 3 aromatic rings. The minimum Gasteiger partial charge on any atom is -0.490 e. The summed E-state index contributed by atoms with van der Waals surface area (Å²) in [4.78, 5) is 33.0. The average Bonchev–Trinajstić information content (AvgIpc) is 4.12. The van der Waals surface area contributed by atoms with Crippen LogP contribution in [0.4, 0.5) is 0 Å². The SMILES string of the molecule is Cc1ccc(C(C)CCCC(=O)N(CCC(=O)N(C)C)C[C@H](O)[C@@H](O)[C@H](O)[C@H](O)CO)cc1CCC1(c2cnccc2-c2ccccc2OC2CC2)CC1. The Bertz CT molecular complexity index is 1710. The number of pyridine rings is 1. The van der Waals surface area contributed by atoms with E-state index in [-0.39, 0.29) is 49.1 Å². The number of nitrogens with zero attached hydrogens (tertiary/aromatic N) is 3. The number of aromatic nitrogens is 1. The van der Waals surface area contributed by atoms with Crippen LogP contribution in [0.25, 0.3) is 11.1 Å². The van der Waals surface area contributed by atoms with E-state index in [1.807, 2.05) is 12.3 Å². The van der Waals surface area contributed by atoms with E-state index in [0.29, 0.717) is 12.5 Å². The van der Waals surface area contributed by atoms with Crippen molar-refractivity contribution in [3.8, 4) is 16.9 Å². The second kappa shape index (κ2) is 18.6. The van der Waals surface area contributed by atoms with Gasteiger partial charge < -0.3 is 40.1 Å². The largest absolute Gasteiger partial charge is 0.490 e. The van der Waals surface area contributed by atoms with E-state index in [4.69, 9.17) is 9.84 Å². The molecule has 1 heterocycles. The first kappa shape index (κ1) is 41.3. The maximum atomic E-state index is 13.4. The third-order valence-electron chi connectivity index (χ3n) is 11.3. The zero-order chi connectivity index (χ0) is 39.0. The summed E-state index contributed by atoms with van der Waals surface area (Å²) in [6.07, 6.45) is 5.36. The van der Waals surface area contributed by atoms with Crippen LogP contribution >= 0.6 is 0 Å². The van der Waals surface area contributed by atoms with Crippen molar-refractivity contribution < 1.29 is 39.9 Å². The molecule has 2 fully saturated rings. The lowest BCUT2D eigenvalue weighted by molar-refractivity contribution is -0.141. The van der Waals surface area contributed by atoms with Crippen LogP contribution in [-0.4, -0.2) is 116 Å². The van der Waals surface area contributed by atoms with Crippen LogP contribution in [0.2, 0.25) is 0 Å². The van der Waals surface area contributed by atoms with Crippen LogP contribution in [0.15, 0.2) is 60.9 Å². The summed E-state index contributed by atoms with van der Waals surface area (Å²) in [6, 6.07) is 17.1. The lowest BCUT2D eigenvalue weighted by Crippen LogP contribution is -2.51. The van der Waals surface area contributed by atoms with Gasteiger partial charge in [0.25, 0.3) is 0 Å². The van der Waals surface area contributed by atoms with Crippen LogP contribution in [0.5, 0.6) is 5.75 Å². The number of benzene rings is 2. The molecular weight excluding hydrogens is 686 g/mol. The molecule has 2 aromatic carbocycles. The number of aliphatic hydroxyl groups is 5. The molecule has 1 unspecified atom stereocenters. The zero-order valence-electron chi connectivity index (χ0n) is 32.2. The normalized spacial score (nSPS) is 17.6. The molecule has 0 aliphatic heterocycles. The lowest BCUT2D eigenvalue weighted by atomic mass is 9.84. The monoisotopic (exact) mass is 745 g/mol. The summed E-state index contributed by atoms with van der Waals surface area (Å²) in [7, 11) is 3.23. The molecule has 2 aliphatic carbocycles. The zero-order valence-corrected chi connectivity index (χ0v) is 32.2. The van der Waals surface area contributed by atoms with Crippen molar-refractivity contribution >= 4 is 11.8 Å². The Morgan fingerprint density at radius 1 is 0.944 bits per heavy atom. The summed E-state index contributed by atoms with van der Waals surface area (Å²) in [5, 5.41) is 49.9. The molecule has 11 heteroatoms.